The van der Waals surface area contributed by atoms with Crippen LogP contribution in [0.15, 0.2) is 24.3 Å². The molecule has 0 aliphatic carbocycles. The molecule has 25 heavy (non-hydrogen) atoms. The molecule has 3 N–H and O–H groups in total. The number of hydrogen-bond acceptors (Lipinski definition) is 4. The number of anilines is 1. The SMILES string of the molecule is Cc1nn(C)c2sc(C(=O)Nc3cc(CN)cc(C(F)(F)F)c3)cc12. The Hall–Kier alpha value is -2.39. The Kier molecular flexibility index (Phi) is 4.29. The first-order valence-corrected chi connectivity index (χ1v) is 8.16. The van der Waals surface area contributed by atoms with E-state index in [2.05, 4.69) is 10.4 Å². The maximum absolute atomic E-state index is 13.0. The average molecular weight is 368 g/mol. The molecule has 2 heterocycles. The second kappa shape index (κ2) is 6.16. The van der Waals surface area contributed by atoms with Crippen LogP contribution in [-0.4, -0.2) is 15.7 Å². The zero-order chi connectivity index (χ0) is 18.4. The number of nitrogens with zero attached hydrogens (tertiary/aromatic N) is 2. The van der Waals surface area contributed by atoms with Crippen molar-refractivity contribution >= 4 is 33.1 Å². The van der Waals surface area contributed by atoms with Crippen LogP contribution < -0.4 is 11.1 Å². The maximum atomic E-state index is 13.0. The van der Waals surface area contributed by atoms with Gasteiger partial charge >= 0.3 is 6.18 Å². The summed E-state index contributed by atoms with van der Waals surface area (Å²) < 4.78 is 40.6. The van der Waals surface area contributed by atoms with Crippen LogP contribution in [0.4, 0.5) is 18.9 Å². The van der Waals surface area contributed by atoms with Gasteiger partial charge in [0.2, 0.25) is 0 Å². The molecule has 0 spiro atoms. The van der Waals surface area contributed by atoms with E-state index in [1.54, 1.807) is 17.8 Å². The van der Waals surface area contributed by atoms with Crippen LogP contribution in [0, 0.1) is 6.92 Å². The summed E-state index contributed by atoms with van der Waals surface area (Å²) in [6, 6.07) is 5.00. The van der Waals surface area contributed by atoms with Gasteiger partial charge in [0.05, 0.1) is 16.1 Å². The van der Waals surface area contributed by atoms with Gasteiger partial charge in [0.1, 0.15) is 4.83 Å². The second-order valence-corrected chi connectivity index (χ2v) is 6.64. The van der Waals surface area contributed by atoms with Crippen LogP contribution in [0.1, 0.15) is 26.5 Å². The van der Waals surface area contributed by atoms with E-state index >= 15 is 0 Å². The Morgan fingerprint density at radius 2 is 2.04 bits per heavy atom. The molecule has 0 bridgehead atoms. The highest BCUT2D eigenvalue weighted by Gasteiger charge is 2.31. The van der Waals surface area contributed by atoms with Crippen LogP contribution in [0.3, 0.4) is 0 Å². The van der Waals surface area contributed by atoms with E-state index in [1.165, 1.54) is 17.4 Å². The van der Waals surface area contributed by atoms with Crippen molar-refractivity contribution in [1.29, 1.82) is 0 Å². The first kappa shape index (κ1) is 17.4. The van der Waals surface area contributed by atoms with Crippen molar-refractivity contribution in [1.82, 2.24) is 9.78 Å². The molecule has 0 saturated carbocycles. The Labute approximate surface area is 145 Å². The lowest BCUT2D eigenvalue weighted by atomic mass is 10.1. The molecule has 0 radical (unpaired) electrons. The standard InChI is InChI=1S/C16H15F3N4OS/c1-8-12-6-13(25-15(12)23(2)22-8)14(24)21-11-4-9(7-20)3-10(5-11)16(17,18)19/h3-6H,7,20H2,1-2H3,(H,21,24). The molecule has 0 aliphatic rings. The largest absolute Gasteiger partial charge is 0.416 e. The quantitative estimate of drug-likeness (QED) is 0.741. The third kappa shape index (κ3) is 3.38. The van der Waals surface area contributed by atoms with Crippen molar-refractivity contribution in [2.45, 2.75) is 19.6 Å². The number of carbonyl (C=O) groups is 1. The number of rotatable bonds is 3. The molecule has 0 atom stereocenters. The Balaban J connectivity index is 1.92. The predicted molar refractivity (Wildman–Crippen MR) is 90.6 cm³/mol. The van der Waals surface area contributed by atoms with E-state index in [-0.39, 0.29) is 12.2 Å². The fraction of sp³-hybridized carbons (Fsp3) is 0.250. The van der Waals surface area contributed by atoms with Crippen LogP contribution in [0.5, 0.6) is 0 Å². The minimum Gasteiger partial charge on any atom is -0.326 e. The number of carbonyl (C=O) groups excluding carboxylic acids is 1. The summed E-state index contributed by atoms with van der Waals surface area (Å²) in [6.07, 6.45) is -4.51. The molecule has 1 aromatic carbocycles. The minimum atomic E-state index is -4.51. The first-order chi connectivity index (χ1) is 11.7. The Morgan fingerprint density at radius 3 is 2.64 bits per heavy atom. The van der Waals surface area contributed by atoms with Gasteiger partial charge in [-0.25, -0.2) is 0 Å². The zero-order valence-electron chi connectivity index (χ0n) is 13.4. The highest BCUT2D eigenvalue weighted by Crippen LogP contribution is 2.33. The topological polar surface area (TPSA) is 72.9 Å². The summed E-state index contributed by atoms with van der Waals surface area (Å²) in [6.45, 7) is 1.78. The van der Waals surface area contributed by atoms with Gasteiger partial charge in [-0.2, -0.15) is 18.3 Å². The number of fused-ring (bicyclic) bond motifs is 1. The number of nitrogens with one attached hydrogen (secondary N) is 1. The molecular weight excluding hydrogens is 353 g/mol. The van der Waals surface area contributed by atoms with Gasteiger partial charge in [0.15, 0.2) is 0 Å². The monoisotopic (exact) mass is 368 g/mol. The predicted octanol–water partition coefficient (Wildman–Crippen LogP) is 3.67. The lowest BCUT2D eigenvalue weighted by Crippen LogP contribution is -2.13. The molecule has 3 aromatic rings. The normalized spacial score (nSPS) is 11.9. The summed E-state index contributed by atoms with van der Waals surface area (Å²) in [5.74, 6) is -0.470. The molecule has 0 saturated heterocycles. The molecule has 132 valence electrons. The number of hydrogen-bond donors (Lipinski definition) is 2. The number of halogens is 3. The van der Waals surface area contributed by atoms with Crippen molar-refractivity contribution in [3.63, 3.8) is 0 Å². The lowest BCUT2D eigenvalue weighted by Gasteiger charge is -2.12. The summed E-state index contributed by atoms with van der Waals surface area (Å²) >= 11 is 1.23. The third-order valence-corrected chi connectivity index (χ3v) is 4.93. The average Bonchev–Trinajstić information content (AvgIpc) is 3.08. The molecule has 1 amide bonds. The first-order valence-electron chi connectivity index (χ1n) is 7.34. The van der Waals surface area contributed by atoms with Gasteiger partial charge in [-0.3, -0.25) is 9.48 Å². The Morgan fingerprint density at radius 1 is 1.32 bits per heavy atom. The van der Waals surface area contributed by atoms with Gasteiger partial charge in [-0.15, -0.1) is 11.3 Å². The molecule has 0 aliphatic heterocycles. The van der Waals surface area contributed by atoms with E-state index in [4.69, 9.17) is 5.73 Å². The second-order valence-electron chi connectivity index (χ2n) is 5.61. The molecular formula is C16H15F3N4OS. The van der Waals surface area contributed by atoms with Gasteiger partial charge < -0.3 is 11.1 Å². The van der Waals surface area contributed by atoms with E-state index in [0.717, 1.165) is 28.0 Å². The summed E-state index contributed by atoms with van der Waals surface area (Å²) in [5, 5.41) is 7.63. The van der Waals surface area contributed by atoms with Crippen molar-refractivity contribution in [3.8, 4) is 0 Å². The number of alkyl halides is 3. The van der Waals surface area contributed by atoms with Crippen LogP contribution in [0.25, 0.3) is 10.2 Å². The fourth-order valence-corrected chi connectivity index (χ4v) is 3.57. The van der Waals surface area contributed by atoms with Crippen molar-refractivity contribution in [3.05, 3.63) is 46.0 Å². The zero-order valence-corrected chi connectivity index (χ0v) is 14.3. The van der Waals surface area contributed by atoms with E-state index in [1.807, 2.05) is 6.92 Å². The number of aromatic nitrogens is 2. The van der Waals surface area contributed by atoms with E-state index < -0.39 is 17.6 Å². The van der Waals surface area contributed by atoms with Gasteiger partial charge in [-0.1, -0.05) is 0 Å². The summed E-state index contributed by atoms with van der Waals surface area (Å²) in [5.41, 5.74) is 5.76. The molecule has 0 unspecified atom stereocenters. The van der Waals surface area contributed by atoms with Gasteiger partial charge in [0.25, 0.3) is 5.91 Å². The fourth-order valence-electron chi connectivity index (χ4n) is 2.56. The number of nitrogens with two attached hydrogens (primary N) is 1. The molecule has 2 aromatic heterocycles. The lowest BCUT2D eigenvalue weighted by molar-refractivity contribution is -0.137. The Bertz CT molecular complexity index is 924. The molecule has 3 rings (SSSR count). The number of amides is 1. The van der Waals surface area contributed by atoms with Crippen LogP contribution in [0.2, 0.25) is 0 Å². The van der Waals surface area contributed by atoms with E-state index in [0.29, 0.717) is 10.4 Å². The molecule has 5 nitrogen and oxygen atoms in total. The number of aryl methyl sites for hydroxylation is 2. The van der Waals surface area contributed by atoms with Gasteiger partial charge in [-0.05, 0) is 36.8 Å². The van der Waals surface area contributed by atoms with Crippen LogP contribution >= 0.6 is 11.3 Å². The highest BCUT2D eigenvalue weighted by molar-refractivity contribution is 7.20. The van der Waals surface area contributed by atoms with Gasteiger partial charge in [0, 0.05) is 24.7 Å². The number of thiophene rings is 1. The van der Waals surface area contributed by atoms with E-state index in [9.17, 15) is 18.0 Å². The smallest absolute Gasteiger partial charge is 0.326 e. The number of benzene rings is 1. The summed E-state index contributed by atoms with van der Waals surface area (Å²) in [7, 11) is 1.77. The minimum absolute atomic E-state index is 0.0550. The highest BCUT2D eigenvalue weighted by atomic mass is 32.1. The third-order valence-electron chi connectivity index (χ3n) is 3.73. The maximum Gasteiger partial charge on any atom is 0.416 e. The van der Waals surface area contributed by atoms with Crippen molar-refractivity contribution < 1.29 is 18.0 Å². The van der Waals surface area contributed by atoms with Crippen molar-refractivity contribution in [2.24, 2.45) is 12.8 Å². The van der Waals surface area contributed by atoms with Crippen molar-refractivity contribution in [2.75, 3.05) is 5.32 Å². The molecule has 0 fully saturated rings. The molecule has 9 heteroatoms. The summed E-state index contributed by atoms with van der Waals surface area (Å²) in [4.78, 5) is 13.7. The van der Waals surface area contributed by atoms with Crippen LogP contribution in [-0.2, 0) is 19.8 Å².